The summed E-state index contributed by atoms with van der Waals surface area (Å²) >= 11 is 0. The molecule has 0 radical (unpaired) electrons. The molecule has 10 rings (SSSR count). The van der Waals surface area contributed by atoms with Gasteiger partial charge in [0.05, 0.1) is 35.5 Å². The monoisotopic (exact) mass is 1060 g/mol. The molecule has 0 aliphatic rings. The van der Waals surface area contributed by atoms with Gasteiger partial charge in [-0.1, -0.05) is 121 Å². The molecule has 16 heteroatoms. The van der Waals surface area contributed by atoms with Crippen molar-refractivity contribution >= 4 is 90.7 Å². The molecule has 10 aromatic carbocycles. The number of hydrogen-bond donors (Lipinski definition) is 6. The van der Waals surface area contributed by atoms with Crippen LogP contribution < -0.4 is 30.7 Å². The lowest BCUT2D eigenvalue weighted by atomic mass is 10.0. The van der Waals surface area contributed by atoms with Gasteiger partial charge in [-0.15, -0.1) is 20.5 Å². The standard InChI is InChI=1S/C64H50N8O8/c1-3-79-59-49(61(75)65-43-19-7-5-8-20-43)25-15-27-53(59)69-71-55-47-23-13-11-17-41(47)37-51(57(55)73)63(77)67-45-33-29-39(30-34-45)40-31-35-46(36-32-40)68-64(78)52-38-42-18-12-14-24-48(42)56(58(52)74)72-70-54-28-16-26-50(60(54)80-4-2)62(76)66-44-21-9-6-10-22-44/h5-38,73-74H,3-4H2,1-2H3,(H,65,75)(H,66,76)(H,67,77)(H,68,78). The molecule has 0 unspecified atom stereocenters. The molecule has 0 atom stereocenters. The summed E-state index contributed by atoms with van der Waals surface area (Å²) in [6.07, 6.45) is 0. The third-order valence-electron chi connectivity index (χ3n) is 12.7. The fourth-order valence-corrected chi connectivity index (χ4v) is 8.88. The van der Waals surface area contributed by atoms with Crippen LogP contribution in [0.5, 0.6) is 23.0 Å². The molecule has 0 aromatic heterocycles. The maximum atomic E-state index is 13.9. The molecule has 0 aliphatic carbocycles. The van der Waals surface area contributed by atoms with Gasteiger partial charge in [-0.05, 0) is 121 Å². The van der Waals surface area contributed by atoms with E-state index in [4.69, 9.17) is 9.47 Å². The highest BCUT2D eigenvalue weighted by Crippen LogP contribution is 2.43. The summed E-state index contributed by atoms with van der Waals surface area (Å²) < 4.78 is 11.8. The summed E-state index contributed by atoms with van der Waals surface area (Å²) in [6, 6.07) is 59.6. The van der Waals surface area contributed by atoms with Crippen molar-refractivity contribution in [1.82, 2.24) is 0 Å². The molecule has 16 nitrogen and oxygen atoms in total. The van der Waals surface area contributed by atoms with Gasteiger partial charge in [0.2, 0.25) is 0 Å². The van der Waals surface area contributed by atoms with E-state index in [1.807, 2.05) is 72.8 Å². The van der Waals surface area contributed by atoms with Crippen LogP contribution in [0, 0.1) is 0 Å². The van der Waals surface area contributed by atoms with Gasteiger partial charge >= 0.3 is 0 Å². The predicted octanol–water partition coefficient (Wildman–Crippen LogP) is 15.7. The summed E-state index contributed by atoms with van der Waals surface area (Å²) in [5, 5.41) is 54.9. The summed E-state index contributed by atoms with van der Waals surface area (Å²) in [5.41, 5.74) is 4.72. The topological polar surface area (TPSA) is 225 Å². The molecule has 4 amide bonds. The van der Waals surface area contributed by atoms with Crippen molar-refractivity contribution in [2.45, 2.75) is 13.8 Å². The van der Waals surface area contributed by atoms with Crippen molar-refractivity contribution in [2.24, 2.45) is 20.5 Å². The average molecular weight is 1060 g/mol. The predicted molar refractivity (Wildman–Crippen MR) is 311 cm³/mol. The van der Waals surface area contributed by atoms with E-state index in [-0.39, 0.29) is 69.7 Å². The van der Waals surface area contributed by atoms with Crippen molar-refractivity contribution in [3.8, 4) is 34.1 Å². The molecule has 0 bridgehead atoms. The first-order valence-electron chi connectivity index (χ1n) is 25.5. The number of benzene rings is 10. The van der Waals surface area contributed by atoms with E-state index in [0.717, 1.165) is 11.1 Å². The summed E-state index contributed by atoms with van der Waals surface area (Å²) in [5.74, 6) is -2.37. The zero-order chi connectivity index (χ0) is 55.5. The van der Waals surface area contributed by atoms with Crippen LogP contribution in [0.1, 0.15) is 55.3 Å². The molecular weight excluding hydrogens is 1010 g/mol. The second-order valence-corrected chi connectivity index (χ2v) is 18.0. The number of aromatic hydroxyl groups is 2. The van der Waals surface area contributed by atoms with E-state index in [1.165, 1.54) is 0 Å². The molecule has 80 heavy (non-hydrogen) atoms. The minimum Gasteiger partial charge on any atom is -0.505 e. The average Bonchev–Trinajstić information content (AvgIpc) is 3.68. The first-order chi connectivity index (χ1) is 39.1. The second kappa shape index (κ2) is 23.9. The molecule has 394 valence electrons. The number of azo groups is 2. The number of amides is 4. The van der Waals surface area contributed by atoms with Crippen molar-refractivity contribution in [3.05, 3.63) is 229 Å². The van der Waals surface area contributed by atoms with Gasteiger partial charge in [-0.3, -0.25) is 19.2 Å². The highest BCUT2D eigenvalue weighted by atomic mass is 16.5. The van der Waals surface area contributed by atoms with Gasteiger partial charge in [-0.25, -0.2) is 0 Å². The number of carbonyl (C=O) groups is 4. The molecule has 0 heterocycles. The lowest BCUT2D eigenvalue weighted by Gasteiger charge is -2.13. The first-order valence-corrected chi connectivity index (χ1v) is 25.5. The van der Waals surface area contributed by atoms with E-state index < -0.39 is 35.1 Å². The number of nitrogens with one attached hydrogen (secondary N) is 4. The number of ether oxygens (including phenoxy) is 2. The van der Waals surface area contributed by atoms with Gasteiger partial charge in [-0.2, -0.15) is 0 Å². The van der Waals surface area contributed by atoms with E-state index in [0.29, 0.717) is 44.3 Å². The number of phenolic OH excluding ortho intramolecular Hbond substituents is 2. The SMILES string of the molecule is CCOc1c(N=Nc2c(O)c(C(=O)Nc3ccc(-c4ccc(NC(=O)c5cc6ccccc6c(N=Nc6cccc(C(=O)Nc7ccccc7)c6OCC)c5O)cc4)cc3)cc3ccccc23)cccc1C(=O)Nc1ccccc1. The van der Waals surface area contributed by atoms with Crippen LogP contribution in [-0.4, -0.2) is 47.1 Å². The lowest BCUT2D eigenvalue weighted by molar-refractivity contribution is 0.101. The molecule has 0 saturated carbocycles. The van der Waals surface area contributed by atoms with E-state index in [1.54, 1.807) is 147 Å². The van der Waals surface area contributed by atoms with Crippen LogP contribution in [0.2, 0.25) is 0 Å². The number of nitrogens with zero attached hydrogens (tertiary/aromatic N) is 4. The molecule has 10 aromatic rings. The number of anilines is 4. The Labute approximate surface area is 459 Å². The normalized spacial score (nSPS) is 11.2. The molecule has 0 spiro atoms. The van der Waals surface area contributed by atoms with Gasteiger partial charge in [0, 0.05) is 33.5 Å². The highest BCUT2D eigenvalue weighted by molar-refractivity contribution is 6.13. The number of fused-ring (bicyclic) bond motifs is 2. The Morgan fingerprint density at radius 3 is 1.09 bits per heavy atom. The summed E-state index contributed by atoms with van der Waals surface area (Å²) in [4.78, 5) is 54.6. The fraction of sp³-hybridized carbons (Fsp3) is 0.0625. The van der Waals surface area contributed by atoms with E-state index >= 15 is 0 Å². The van der Waals surface area contributed by atoms with Gasteiger partial charge in [0.1, 0.15) is 22.7 Å². The zero-order valence-corrected chi connectivity index (χ0v) is 43.2. The number of para-hydroxylation sites is 4. The Morgan fingerprint density at radius 1 is 0.375 bits per heavy atom. The van der Waals surface area contributed by atoms with Gasteiger partial charge in [0.25, 0.3) is 23.6 Å². The summed E-state index contributed by atoms with van der Waals surface area (Å²) in [6.45, 7) is 4.06. The molecule has 6 N–H and O–H groups in total. The fourth-order valence-electron chi connectivity index (χ4n) is 8.88. The van der Waals surface area contributed by atoms with Crippen LogP contribution in [0.15, 0.2) is 227 Å². The third-order valence-corrected chi connectivity index (χ3v) is 12.7. The minimum atomic E-state index is -0.592. The maximum Gasteiger partial charge on any atom is 0.259 e. The minimum absolute atomic E-state index is 0.0400. The quantitative estimate of drug-likeness (QED) is 0.0480. The summed E-state index contributed by atoms with van der Waals surface area (Å²) in [7, 11) is 0. The number of phenols is 2. The van der Waals surface area contributed by atoms with Gasteiger partial charge in [0.15, 0.2) is 23.0 Å². The zero-order valence-electron chi connectivity index (χ0n) is 43.2. The number of carbonyl (C=O) groups excluding carboxylic acids is 4. The van der Waals surface area contributed by atoms with Crippen LogP contribution in [0.3, 0.4) is 0 Å². The molecule has 0 fully saturated rings. The van der Waals surface area contributed by atoms with Gasteiger partial charge < -0.3 is 41.0 Å². The number of rotatable bonds is 17. The van der Waals surface area contributed by atoms with Crippen molar-refractivity contribution < 1.29 is 38.9 Å². The molecule has 0 aliphatic heterocycles. The van der Waals surface area contributed by atoms with Crippen LogP contribution in [0.4, 0.5) is 45.5 Å². The molecular formula is C64H50N8O8. The van der Waals surface area contributed by atoms with E-state index in [9.17, 15) is 29.4 Å². The van der Waals surface area contributed by atoms with Crippen LogP contribution in [0.25, 0.3) is 32.7 Å². The number of hydrogen-bond acceptors (Lipinski definition) is 12. The second-order valence-electron chi connectivity index (χ2n) is 18.0. The Hall–Kier alpha value is -11.0. The molecule has 0 saturated heterocycles. The smallest absolute Gasteiger partial charge is 0.259 e. The maximum absolute atomic E-state index is 13.9. The van der Waals surface area contributed by atoms with Crippen molar-refractivity contribution in [1.29, 1.82) is 0 Å². The Kier molecular flexibility index (Phi) is 15.7. The Balaban J connectivity index is 0.837. The lowest BCUT2D eigenvalue weighted by Crippen LogP contribution is -2.13. The largest absolute Gasteiger partial charge is 0.505 e. The van der Waals surface area contributed by atoms with Crippen molar-refractivity contribution in [2.75, 3.05) is 34.5 Å². The van der Waals surface area contributed by atoms with E-state index in [2.05, 4.69) is 41.7 Å². The van der Waals surface area contributed by atoms with Crippen LogP contribution >= 0.6 is 0 Å². The highest BCUT2D eigenvalue weighted by Gasteiger charge is 2.23. The van der Waals surface area contributed by atoms with Crippen molar-refractivity contribution in [3.63, 3.8) is 0 Å². The third kappa shape index (κ3) is 11.5. The first kappa shape index (κ1) is 52.4. The Bertz CT molecular complexity index is 3760. The van der Waals surface area contributed by atoms with Crippen LogP contribution in [-0.2, 0) is 0 Å². The Morgan fingerprint density at radius 2 is 0.713 bits per heavy atom.